The van der Waals surface area contributed by atoms with Gasteiger partial charge in [0.2, 0.25) is 5.91 Å². The summed E-state index contributed by atoms with van der Waals surface area (Å²) in [6, 6.07) is 4.37. The number of fused-ring (bicyclic) bond motifs is 1. The number of likely N-dealkylation sites (tertiary alicyclic amines) is 1. The highest BCUT2D eigenvalue weighted by molar-refractivity contribution is 7.09. The summed E-state index contributed by atoms with van der Waals surface area (Å²) >= 11 is 1.84. The summed E-state index contributed by atoms with van der Waals surface area (Å²) in [4.78, 5) is 16.3. The van der Waals surface area contributed by atoms with Crippen LogP contribution >= 0.6 is 11.3 Å². The van der Waals surface area contributed by atoms with Crippen molar-refractivity contribution in [2.45, 2.75) is 63.2 Å². The number of nitrogens with one attached hydrogen (secondary N) is 1. The summed E-state index contributed by atoms with van der Waals surface area (Å²) in [5.41, 5.74) is 0.0727. The molecule has 4 heterocycles. The Bertz CT molecular complexity index is 644. The highest BCUT2D eigenvalue weighted by Gasteiger charge is 2.62. The van der Waals surface area contributed by atoms with Crippen LogP contribution in [0.5, 0.6) is 0 Å². The Labute approximate surface area is 160 Å². The Morgan fingerprint density at radius 2 is 2.31 bits per heavy atom. The molecule has 2 bridgehead atoms. The number of thiophene rings is 1. The molecule has 1 aliphatic carbocycles. The first-order valence-electron chi connectivity index (χ1n) is 10.4. The van der Waals surface area contributed by atoms with Crippen LogP contribution in [-0.2, 0) is 16.1 Å². The zero-order valence-electron chi connectivity index (χ0n) is 15.5. The highest BCUT2D eigenvalue weighted by Crippen LogP contribution is 2.54. The minimum absolute atomic E-state index is 0.0727. The quantitative estimate of drug-likeness (QED) is 0.795. The minimum Gasteiger partial charge on any atom is -0.370 e. The van der Waals surface area contributed by atoms with Crippen molar-refractivity contribution in [3.63, 3.8) is 0 Å². The Kier molecular flexibility index (Phi) is 4.58. The van der Waals surface area contributed by atoms with Crippen LogP contribution in [0, 0.1) is 17.8 Å². The summed E-state index contributed by atoms with van der Waals surface area (Å²) in [5.74, 6) is 2.16. The Morgan fingerprint density at radius 1 is 1.38 bits per heavy atom. The molecule has 5 heteroatoms. The molecule has 1 aromatic rings. The van der Waals surface area contributed by atoms with Gasteiger partial charge in [0, 0.05) is 49.3 Å². The average Bonchev–Trinajstić information content (AvgIpc) is 3.32. The highest BCUT2D eigenvalue weighted by atomic mass is 32.1. The lowest BCUT2D eigenvalue weighted by Crippen LogP contribution is -2.42. The van der Waals surface area contributed by atoms with E-state index in [1.807, 2.05) is 11.3 Å². The van der Waals surface area contributed by atoms with E-state index >= 15 is 0 Å². The smallest absolute Gasteiger partial charge is 0.220 e. The second kappa shape index (κ2) is 6.92. The van der Waals surface area contributed by atoms with Gasteiger partial charge in [0.1, 0.15) is 0 Å². The first-order valence-corrected chi connectivity index (χ1v) is 11.3. The molecule has 26 heavy (non-hydrogen) atoms. The molecule has 5 rings (SSSR count). The lowest BCUT2D eigenvalue weighted by molar-refractivity contribution is -0.121. The molecule has 1 spiro atoms. The van der Waals surface area contributed by atoms with Gasteiger partial charge in [0.25, 0.3) is 0 Å². The largest absolute Gasteiger partial charge is 0.370 e. The van der Waals surface area contributed by atoms with Crippen LogP contribution in [0.25, 0.3) is 0 Å². The van der Waals surface area contributed by atoms with Crippen LogP contribution in [0.2, 0.25) is 0 Å². The Balaban J connectivity index is 1.16. The van der Waals surface area contributed by atoms with Gasteiger partial charge in [-0.2, -0.15) is 0 Å². The SMILES string of the molecule is O=C(CCC1CCC1)NC[C@H]1[C@H]2CN(Cc3cccs3)C[C@]23CC[C@H]1O3. The van der Waals surface area contributed by atoms with E-state index in [0.717, 1.165) is 38.5 Å². The van der Waals surface area contributed by atoms with Crippen molar-refractivity contribution in [2.24, 2.45) is 17.8 Å². The molecule has 4 nitrogen and oxygen atoms in total. The summed E-state index contributed by atoms with van der Waals surface area (Å²) in [5, 5.41) is 5.41. The second-order valence-electron chi connectivity index (χ2n) is 8.92. The summed E-state index contributed by atoms with van der Waals surface area (Å²) in [7, 11) is 0. The van der Waals surface area contributed by atoms with Gasteiger partial charge in [-0.3, -0.25) is 9.69 Å². The van der Waals surface area contributed by atoms with Gasteiger partial charge in [0.05, 0.1) is 11.7 Å². The van der Waals surface area contributed by atoms with E-state index in [1.165, 1.54) is 37.0 Å². The molecule has 0 radical (unpaired) electrons. The second-order valence-corrected chi connectivity index (χ2v) is 9.95. The minimum atomic E-state index is 0.0727. The number of ether oxygens (including phenoxy) is 1. The third-order valence-corrected chi connectivity index (χ3v) is 8.21. The summed E-state index contributed by atoms with van der Waals surface area (Å²) < 4.78 is 6.51. The zero-order chi connectivity index (χ0) is 17.6. The number of rotatable bonds is 7. The molecule has 1 amide bonds. The van der Waals surface area contributed by atoms with Gasteiger partial charge in [0.15, 0.2) is 0 Å². The van der Waals surface area contributed by atoms with E-state index in [9.17, 15) is 4.79 Å². The van der Waals surface area contributed by atoms with E-state index in [1.54, 1.807) is 0 Å². The van der Waals surface area contributed by atoms with Crippen LogP contribution in [0.3, 0.4) is 0 Å². The fraction of sp³-hybridized carbons (Fsp3) is 0.762. The van der Waals surface area contributed by atoms with Crippen molar-refractivity contribution < 1.29 is 9.53 Å². The number of carbonyl (C=O) groups excluding carboxylic acids is 1. The third-order valence-electron chi connectivity index (χ3n) is 7.35. The van der Waals surface area contributed by atoms with E-state index in [4.69, 9.17) is 4.74 Å². The maximum Gasteiger partial charge on any atom is 0.220 e. The molecule has 3 saturated heterocycles. The first kappa shape index (κ1) is 17.2. The molecule has 0 aromatic carbocycles. The van der Waals surface area contributed by atoms with Gasteiger partial charge >= 0.3 is 0 Å². The van der Waals surface area contributed by atoms with Crippen LogP contribution in [0.4, 0.5) is 0 Å². The van der Waals surface area contributed by atoms with Crippen molar-refractivity contribution in [1.82, 2.24) is 10.2 Å². The summed E-state index contributed by atoms with van der Waals surface area (Å²) in [6.45, 7) is 4.05. The lowest BCUT2D eigenvalue weighted by atomic mass is 9.73. The van der Waals surface area contributed by atoms with Crippen LogP contribution in [0.15, 0.2) is 17.5 Å². The standard InChI is InChI=1S/C21H30N2O2S/c24-20(7-6-15-3-1-4-15)22-11-17-18-13-23(12-16-5-2-10-26-16)14-21(18)9-8-19(17)25-21/h2,5,10,15,17-19H,1,3-4,6-9,11-14H2,(H,22,24)/t17-,18+,19+,21+/m0/s1. The van der Waals surface area contributed by atoms with Crippen LogP contribution < -0.4 is 5.32 Å². The van der Waals surface area contributed by atoms with Crippen LogP contribution in [0.1, 0.15) is 49.8 Å². The number of hydrogen-bond acceptors (Lipinski definition) is 4. The van der Waals surface area contributed by atoms with Gasteiger partial charge in [-0.25, -0.2) is 0 Å². The molecular weight excluding hydrogens is 344 g/mol. The Hall–Kier alpha value is -0.910. The van der Waals surface area contributed by atoms with E-state index in [0.29, 0.717) is 24.4 Å². The normalized spacial score (nSPS) is 36.2. The predicted molar refractivity (Wildman–Crippen MR) is 103 cm³/mol. The maximum atomic E-state index is 12.3. The topological polar surface area (TPSA) is 41.6 Å². The zero-order valence-corrected chi connectivity index (χ0v) is 16.3. The first-order chi connectivity index (χ1) is 12.7. The molecule has 1 saturated carbocycles. The van der Waals surface area contributed by atoms with Crippen molar-refractivity contribution in [3.8, 4) is 0 Å². The fourth-order valence-corrected chi connectivity index (χ4v) is 6.49. The molecule has 0 unspecified atom stereocenters. The third kappa shape index (κ3) is 3.12. The van der Waals surface area contributed by atoms with Gasteiger partial charge < -0.3 is 10.1 Å². The molecule has 4 fully saturated rings. The molecular formula is C21H30N2O2S. The molecule has 142 valence electrons. The van der Waals surface area contributed by atoms with Gasteiger partial charge in [-0.1, -0.05) is 25.3 Å². The fourth-order valence-electron chi connectivity index (χ4n) is 5.74. The van der Waals surface area contributed by atoms with E-state index in [-0.39, 0.29) is 11.5 Å². The van der Waals surface area contributed by atoms with Crippen molar-refractivity contribution in [1.29, 1.82) is 0 Å². The van der Waals surface area contributed by atoms with Crippen molar-refractivity contribution in [3.05, 3.63) is 22.4 Å². The number of hydrogen-bond donors (Lipinski definition) is 1. The number of amides is 1. The number of carbonyl (C=O) groups is 1. The summed E-state index contributed by atoms with van der Waals surface area (Å²) in [6.07, 6.45) is 8.56. The van der Waals surface area contributed by atoms with E-state index in [2.05, 4.69) is 27.7 Å². The van der Waals surface area contributed by atoms with Crippen molar-refractivity contribution >= 4 is 17.2 Å². The van der Waals surface area contributed by atoms with E-state index < -0.39 is 0 Å². The lowest BCUT2D eigenvalue weighted by Gasteiger charge is -2.30. The molecule has 1 aromatic heterocycles. The molecule has 4 aliphatic rings. The molecule has 1 N–H and O–H groups in total. The van der Waals surface area contributed by atoms with Gasteiger partial charge in [-0.05, 0) is 36.6 Å². The molecule has 4 atom stereocenters. The van der Waals surface area contributed by atoms with Crippen molar-refractivity contribution in [2.75, 3.05) is 19.6 Å². The molecule has 3 aliphatic heterocycles. The Morgan fingerprint density at radius 3 is 3.08 bits per heavy atom. The average molecular weight is 375 g/mol. The monoisotopic (exact) mass is 374 g/mol. The van der Waals surface area contributed by atoms with Crippen LogP contribution in [-0.4, -0.2) is 42.1 Å². The van der Waals surface area contributed by atoms with Gasteiger partial charge in [-0.15, -0.1) is 11.3 Å². The predicted octanol–water partition coefficient (Wildman–Crippen LogP) is 3.42. The maximum absolute atomic E-state index is 12.3. The number of nitrogens with zero attached hydrogens (tertiary/aromatic N) is 1.